The van der Waals surface area contributed by atoms with E-state index in [0.717, 1.165) is 0 Å². The fourth-order valence-electron chi connectivity index (χ4n) is 1.53. The third-order valence-electron chi connectivity index (χ3n) is 4.40. The summed E-state index contributed by atoms with van der Waals surface area (Å²) in [5.41, 5.74) is 4.15. The Labute approximate surface area is 129 Å². The van der Waals surface area contributed by atoms with Gasteiger partial charge in [-0.25, -0.2) is 0 Å². The van der Waals surface area contributed by atoms with Gasteiger partial charge in [0.2, 0.25) is 16.8 Å². The number of hydrogen-bond acceptors (Lipinski definition) is 4. The minimum atomic E-state index is -1.45. The smallest absolute Gasteiger partial charge is 0.227 e. The molecule has 0 bridgehead atoms. The normalized spacial score (nSPS) is 12.7. The first-order chi connectivity index (χ1) is 8.89. The average Bonchev–Trinajstić information content (AvgIpc) is 2.36. The molecule has 0 aromatic carbocycles. The third-order valence-corrected chi connectivity index (χ3v) is 13.2. The van der Waals surface area contributed by atoms with Gasteiger partial charge in [-0.1, -0.05) is 11.4 Å². The van der Waals surface area contributed by atoms with Crippen molar-refractivity contribution in [2.75, 3.05) is 56.4 Å². The van der Waals surface area contributed by atoms with Crippen molar-refractivity contribution in [2.24, 2.45) is 0 Å². The largest absolute Gasteiger partial charge is 0.314 e. The summed E-state index contributed by atoms with van der Waals surface area (Å²) in [4.78, 5) is 0. The zero-order chi connectivity index (χ0) is 16.7. The van der Waals surface area contributed by atoms with E-state index in [2.05, 4.69) is 112 Å². The van der Waals surface area contributed by atoms with Crippen molar-refractivity contribution in [3.63, 3.8) is 0 Å². The Bertz CT molecular complexity index is 256. The summed E-state index contributed by atoms with van der Waals surface area (Å²) in [5, 5.41) is 0. The summed E-state index contributed by atoms with van der Waals surface area (Å²) in [6, 6.07) is 0. The zero-order valence-corrected chi connectivity index (χ0v) is 17.4. The van der Waals surface area contributed by atoms with Crippen LogP contribution in [0.3, 0.4) is 0 Å². The number of rotatable bonds is 6. The van der Waals surface area contributed by atoms with Crippen molar-refractivity contribution in [2.45, 2.75) is 13.1 Å². The molecule has 0 aromatic rings. The summed E-state index contributed by atoms with van der Waals surface area (Å²) in [6.07, 6.45) is 0. The molecule has 0 saturated carbocycles. The van der Waals surface area contributed by atoms with Gasteiger partial charge in [-0.3, -0.25) is 0 Å². The predicted molar refractivity (Wildman–Crippen MR) is 98.4 cm³/mol. The van der Waals surface area contributed by atoms with Gasteiger partial charge in [0.1, 0.15) is 0 Å². The van der Waals surface area contributed by atoms with E-state index in [9.17, 15) is 0 Å². The Kier molecular flexibility index (Phi) is 9.82. The molecule has 0 aliphatic carbocycles. The minimum absolute atomic E-state index is 1.45. The van der Waals surface area contributed by atoms with Gasteiger partial charge in [-0.05, 0) is 69.5 Å². The maximum atomic E-state index is 3.85. The topological polar surface area (TPSA) is 13.0 Å². The maximum Gasteiger partial charge on any atom is 0.227 e. The zero-order valence-electron chi connectivity index (χ0n) is 15.4. The summed E-state index contributed by atoms with van der Waals surface area (Å²) >= 11 is 0. The molecule has 0 atom stereocenters. The summed E-state index contributed by atoms with van der Waals surface area (Å²) in [5.74, 6) is 0. The SMILES string of the molecule is C=C[Si](C)(N(C)C)N(C)C.C=C[Si](C)(N(C)C)N(C)C. The molecule has 0 spiro atoms. The predicted octanol–water partition coefficient (Wildman–Crippen LogP) is 1.81. The molecule has 0 unspecified atom stereocenters. The highest BCUT2D eigenvalue weighted by Crippen LogP contribution is 2.09. The molecule has 0 aromatic heterocycles. The van der Waals surface area contributed by atoms with E-state index in [-0.39, 0.29) is 0 Å². The Balaban J connectivity index is 0. The van der Waals surface area contributed by atoms with Crippen LogP contribution in [0.15, 0.2) is 24.6 Å². The molecule has 6 heteroatoms. The lowest BCUT2D eigenvalue weighted by Crippen LogP contribution is -2.56. The highest BCUT2D eigenvalue weighted by Gasteiger charge is 2.29. The molecule has 4 nitrogen and oxygen atoms in total. The second-order valence-corrected chi connectivity index (χ2v) is 14.9. The second kappa shape index (κ2) is 8.91. The van der Waals surface area contributed by atoms with Crippen molar-refractivity contribution in [1.29, 1.82) is 0 Å². The molecule has 0 heterocycles. The van der Waals surface area contributed by atoms with Crippen molar-refractivity contribution in [3.05, 3.63) is 24.6 Å². The van der Waals surface area contributed by atoms with Crippen LogP contribution in [-0.4, -0.2) is 91.4 Å². The molecule has 0 fully saturated rings. The van der Waals surface area contributed by atoms with E-state index in [0.29, 0.717) is 0 Å². The number of nitrogens with zero attached hydrogens (tertiary/aromatic N) is 4. The van der Waals surface area contributed by atoms with Crippen LogP contribution < -0.4 is 0 Å². The Hall–Kier alpha value is -0.246. The minimum Gasteiger partial charge on any atom is -0.314 e. The van der Waals surface area contributed by atoms with Crippen LogP contribution in [0.5, 0.6) is 0 Å². The highest BCUT2D eigenvalue weighted by atomic mass is 28.4. The summed E-state index contributed by atoms with van der Waals surface area (Å²) in [7, 11) is 13.9. The van der Waals surface area contributed by atoms with E-state index < -0.39 is 16.8 Å². The van der Waals surface area contributed by atoms with Gasteiger partial charge < -0.3 is 18.3 Å². The quantitative estimate of drug-likeness (QED) is 0.693. The molecule has 0 N–H and O–H groups in total. The summed E-state index contributed by atoms with van der Waals surface area (Å²) in [6.45, 7) is 12.2. The standard InChI is InChI=1S/2C7H18N2Si/c2*1-7-10(6,8(2)3)9(4)5/h2*7H,1H2,2-6H3. The molecule has 0 amide bonds. The van der Waals surface area contributed by atoms with Crippen LogP contribution in [0.1, 0.15) is 0 Å². The Morgan fingerprint density at radius 2 is 0.700 bits per heavy atom. The molecule has 0 aliphatic rings. The van der Waals surface area contributed by atoms with Crippen molar-refractivity contribution >= 4 is 16.8 Å². The van der Waals surface area contributed by atoms with Crippen LogP contribution in [0.4, 0.5) is 0 Å². The van der Waals surface area contributed by atoms with Crippen molar-refractivity contribution in [3.8, 4) is 0 Å². The van der Waals surface area contributed by atoms with Crippen molar-refractivity contribution < 1.29 is 0 Å². The molecule has 0 rings (SSSR count). The molecule has 120 valence electrons. The fourth-order valence-corrected chi connectivity index (χ4v) is 4.59. The first-order valence-electron chi connectivity index (χ1n) is 6.87. The van der Waals surface area contributed by atoms with E-state index in [1.165, 1.54) is 0 Å². The maximum absolute atomic E-state index is 3.85. The lowest BCUT2D eigenvalue weighted by atomic mass is 11.2. The first kappa shape index (κ1) is 22.0. The Morgan fingerprint density at radius 1 is 0.550 bits per heavy atom. The van der Waals surface area contributed by atoms with Gasteiger partial charge in [0, 0.05) is 0 Å². The van der Waals surface area contributed by atoms with E-state index >= 15 is 0 Å². The lowest BCUT2D eigenvalue weighted by molar-refractivity contribution is 0.502. The lowest BCUT2D eigenvalue weighted by Gasteiger charge is -2.36. The third kappa shape index (κ3) is 5.63. The van der Waals surface area contributed by atoms with E-state index in [1.54, 1.807) is 0 Å². The van der Waals surface area contributed by atoms with Crippen LogP contribution in [0.2, 0.25) is 13.1 Å². The van der Waals surface area contributed by atoms with Gasteiger partial charge >= 0.3 is 0 Å². The first-order valence-corrected chi connectivity index (χ1v) is 11.8. The molecule has 20 heavy (non-hydrogen) atoms. The van der Waals surface area contributed by atoms with Gasteiger partial charge in [0.15, 0.2) is 0 Å². The van der Waals surface area contributed by atoms with E-state index in [1.807, 2.05) is 0 Å². The molecular weight excluding hydrogens is 280 g/mol. The van der Waals surface area contributed by atoms with E-state index in [4.69, 9.17) is 0 Å². The molecule has 0 saturated heterocycles. The molecule has 0 radical (unpaired) electrons. The fraction of sp³-hybridized carbons (Fsp3) is 0.714. The molecule has 0 aliphatic heterocycles. The van der Waals surface area contributed by atoms with Crippen LogP contribution in [-0.2, 0) is 0 Å². The molecular formula is C14H36N4Si2. The monoisotopic (exact) mass is 316 g/mol. The average molecular weight is 317 g/mol. The number of hydrogen-bond donors (Lipinski definition) is 0. The van der Waals surface area contributed by atoms with Crippen molar-refractivity contribution in [1.82, 2.24) is 18.3 Å². The van der Waals surface area contributed by atoms with Gasteiger partial charge in [0.25, 0.3) is 0 Å². The van der Waals surface area contributed by atoms with Gasteiger partial charge in [0.05, 0.1) is 0 Å². The Morgan fingerprint density at radius 3 is 0.700 bits per heavy atom. The highest BCUT2D eigenvalue weighted by molar-refractivity contribution is 6.78. The van der Waals surface area contributed by atoms with Crippen LogP contribution in [0, 0.1) is 0 Å². The second-order valence-electron chi connectivity index (χ2n) is 6.17. The van der Waals surface area contributed by atoms with Gasteiger partial charge in [-0.15, -0.1) is 13.2 Å². The van der Waals surface area contributed by atoms with Gasteiger partial charge in [-0.2, -0.15) is 0 Å². The summed E-state index contributed by atoms with van der Waals surface area (Å²) < 4.78 is 9.06. The van der Waals surface area contributed by atoms with Crippen LogP contribution >= 0.6 is 0 Å². The van der Waals surface area contributed by atoms with Crippen LogP contribution in [0.25, 0.3) is 0 Å².